The van der Waals surface area contributed by atoms with E-state index in [9.17, 15) is 9.59 Å². The maximum atomic E-state index is 13.3. The van der Waals surface area contributed by atoms with Gasteiger partial charge in [0.15, 0.2) is 0 Å². The van der Waals surface area contributed by atoms with Crippen LogP contribution in [0.2, 0.25) is 0 Å². The molecule has 0 saturated heterocycles. The number of rotatable bonds is 9. The first-order valence-electron chi connectivity index (χ1n) is 10.4. The average Bonchev–Trinajstić information content (AvgIpc) is 2.83. The summed E-state index contributed by atoms with van der Waals surface area (Å²) < 4.78 is 10.4. The second-order valence-corrected chi connectivity index (χ2v) is 7.37. The summed E-state index contributed by atoms with van der Waals surface area (Å²) in [5.41, 5.74) is 2.60. The van der Waals surface area contributed by atoms with Crippen LogP contribution in [0.3, 0.4) is 0 Å². The van der Waals surface area contributed by atoms with E-state index in [-0.39, 0.29) is 11.8 Å². The molecule has 32 heavy (non-hydrogen) atoms. The summed E-state index contributed by atoms with van der Waals surface area (Å²) in [6.45, 7) is 2.13. The average molecular weight is 433 g/mol. The summed E-state index contributed by atoms with van der Waals surface area (Å²) in [4.78, 5) is 27.6. The van der Waals surface area contributed by atoms with E-state index in [0.29, 0.717) is 13.1 Å². The molecule has 3 aromatic rings. The van der Waals surface area contributed by atoms with Gasteiger partial charge >= 0.3 is 0 Å². The Kier molecular flexibility index (Phi) is 7.86. The minimum atomic E-state index is -0.756. The molecular formula is C26H28N2O4. The van der Waals surface area contributed by atoms with Gasteiger partial charge in [-0.25, -0.2) is 0 Å². The third-order valence-electron chi connectivity index (χ3n) is 5.22. The molecule has 166 valence electrons. The fourth-order valence-electron chi connectivity index (χ4n) is 3.45. The summed E-state index contributed by atoms with van der Waals surface area (Å²) in [6.07, 6.45) is 0. The lowest BCUT2D eigenvalue weighted by Crippen LogP contribution is -2.42. The Morgan fingerprint density at radius 3 is 1.84 bits per heavy atom. The number of hydrogen-bond donors (Lipinski definition) is 1. The molecule has 0 unspecified atom stereocenters. The molecule has 0 aliphatic carbocycles. The summed E-state index contributed by atoms with van der Waals surface area (Å²) in [7, 11) is 3.22. The van der Waals surface area contributed by atoms with Gasteiger partial charge in [0.05, 0.1) is 14.2 Å². The molecule has 6 nitrogen and oxygen atoms in total. The van der Waals surface area contributed by atoms with Crippen molar-refractivity contribution in [3.8, 4) is 11.5 Å². The third kappa shape index (κ3) is 5.88. The Balaban J connectivity index is 1.83. The van der Waals surface area contributed by atoms with Crippen molar-refractivity contribution in [3.63, 3.8) is 0 Å². The highest BCUT2D eigenvalue weighted by Crippen LogP contribution is 2.25. The van der Waals surface area contributed by atoms with Crippen LogP contribution in [0.4, 0.5) is 0 Å². The van der Waals surface area contributed by atoms with E-state index in [0.717, 1.165) is 28.2 Å². The van der Waals surface area contributed by atoms with Gasteiger partial charge in [0.1, 0.15) is 17.5 Å². The highest BCUT2D eigenvalue weighted by atomic mass is 16.5. The number of amides is 2. The van der Waals surface area contributed by atoms with Crippen molar-refractivity contribution in [1.82, 2.24) is 10.2 Å². The van der Waals surface area contributed by atoms with Crippen molar-refractivity contribution < 1.29 is 19.1 Å². The first kappa shape index (κ1) is 22.9. The Hall–Kier alpha value is -3.80. The maximum absolute atomic E-state index is 13.3. The SMILES string of the molecule is COc1ccc(CNC(=O)[C@@H](c2ccccc2)N(Cc2ccc(OC)cc2)C(C)=O)cc1. The smallest absolute Gasteiger partial charge is 0.247 e. The topological polar surface area (TPSA) is 67.9 Å². The molecule has 0 fully saturated rings. The summed E-state index contributed by atoms with van der Waals surface area (Å²) in [6, 6.07) is 23.6. The molecule has 6 heteroatoms. The normalized spacial score (nSPS) is 11.3. The highest BCUT2D eigenvalue weighted by Gasteiger charge is 2.29. The number of methoxy groups -OCH3 is 2. The zero-order chi connectivity index (χ0) is 22.9. The van der Waals surface area contributed by atoms with Gasteiger partial charge in [-0.05, 0) is 41.0 Å². The molecule has 0 aliphatic heterocycles. The molecule has 2 amide bonds. The largest absolute Gasteiger partial charge is 0.497 e. The molecule has 1 N–H and O–H groups in total. The summed E-state index contributed by atoms with van der Waals surface area (Å²) in [5.74, 6) is 1.06. The van der Waals surface area contributed by atoms with Crippen molar-refractivity contribution in [2.24, 2.45) is 0 Å². The summed E-state index contributed by atoms with van der Waals surface area (Å²) >= 11 is 0. The lowest BCUT2D eigenvalue weighted by molar-refractivity contribution is -0.140. The van der Waals surface area contributed by atoms with Crippen LogP contribution in [0, 0.1) is 0 Å². The zero-order valence-electron chi connectivity index (χ0n) is 18.6. The van der Waals surface area contributed by atoms with Crippen LogP contribution in [0.15, 0.2) is 78.9 Å². The molecule has 0 saturated carbocycles. The van der Waals surface area contributed by atoms with Gasteiger partial charge in [-0.15, -0.1) is 0 Å². The predicted octanol–water partition coefficient (Wildman–Crippen LogP) is 4.11. The molecule has 0 aromatic heterocycles. The highest BCUT2D eigenvalue weighted by molar-refractivity contribution is 5.88. The van der Waals surface area contributed by atoms with Gasteiger partial charge in [-0.2, -0.15) is 0 Å². The predicted molar refractivity (Wildman–Crippen MR) is 123 cm³/mol. The number of nitrogens with one attached hydrogen (secondary N) is 1. The first-order valence-corrected chi connectivity index (χ1v) is 10.4. The van der Waals surface area contributed by atoms with Crippen molar-refractivity contribution in [2.75, 3.05) is 14.2 Å². The molecule has 1 atom stereocenters. The minimum Gasteiger partial charge on any atom is -0.497 e. The fraction of sp³-hybridized carbons (Fsp3) is 0.231. The minimum absolute atomic E-state index is 0.186. The van der Waals surface area contributed by atoms with Gasteiger partial charge < -0.3 is 19.7 Å². The van der Waals surface area contributed by atoms with E-state index in [2.05, 4.69) is 5.32 Å². The van der Waals surface area contributed by atoms with Gasteiger partial charge in [-0.3, -0.25) is 9.59 Å². The number of carbonyl (C=O) groups is 2. The first-order chi connectivity index (χ1) is 15.5. The van der Waals surface area contributed by atoms with E-state index in [4.69, 9.17) is 9.47 Å². The quantitative estimate of drug-likeness (QED) is 0.553. The molecule has 0 radical (unpaired) electrons. The molecule has 0 heterocycles. The van der Waals surface area contributed by atoms with E-state index in [1.807, 2.05) is 78.9 Å². The molecule has 0 aliphatic rings. The van der Waals surface area contributed by atoms with E-state index in [1.165, 1.54) is 6.92 Å². The third-order valence-corrected chi connectivity index (χ3v) is 5.22. The Labute approximate surface area is 188 Å². The second-order valence-electron chi connectivity index (χ2n) is 7.37. The van der Waals surface area contributed by atoms with Crippen LogP contribution < -0.4 is 14.8 Å². The lowest BCUT2D eigenvalue weighted by Gasteiger charge is -2.30. The van der Waals surface area contributed by atoms with E-state index >= 15 is 0 Å². The Morgan fingerprint density at radius 1 is 0.812 bits per heavy atom. The molecule has 0 bridgehead atoms. The van der Waals surface area contributed by atoms with Crippen LogP contribution in [0.1, 0.15) is 29.7 Å². The maximum Gasteiger partial charge on any atom is 0.247 e. The molecule has 3 rings (SSSR count). The van der Waals surface area contributed by atoms with Gasteiger partial charge in [0.25, 0.3) is 0 Å². The Morgan fingerprint density at radius 2 is 1.34 bits per heavy atom. The molecule has 0 spiro atoms. The van der Waals surface area contributed by atoms with Crippen LogP contribution in [0.25, 0.3) is 0 Å². The van der Waals surface area contributed by atoms with Crippen LogP contribution in [0.5, 0.6) is 11.5 Å². The Bertz CT molecular complexity index is 1020. The van der Waals surface area contributed by atoms with Gasteiger partial charge in [0, 0.05) is 20.0 Å². The lowest BCUT2D eigenvalue weighted by atomic mass is 10.0. The number of hydrogen-bond acceptors (Lipinski definition) is 4. The number of benzene rings is 3. The van der Waals surface area contributed by atoms with Crippen molar-refractivity contribution in [3.05, 3.63) is 95.6 Å². The zero-order valence-corrected chi connectivity index (χ0v) is 18.6. The summed E-state index contributed by atoms with van der Waals surface area (Å²) in [5, 5.41) is 2.98. The molecular weight excluding hydrogens is 404 g/mol. The van der Waals surface area contributed by atoms with Crippen molar-refractivity contribution in [1.29, 1.82) is 0 Å². The van der Waals surface area contributed by atoms with Crippen LogP contribution in [-0.4, -0.2) is 30.9 Å². The van der Waals surface area contributed by atoms with Gasteiger partial charge in [0.2, 0.25) is 11.8 Å². The van der Waals surface area contributed by atoms with Crippen LogP contribution in [-0.2, 0) is 22.7 Å². The van der Waals surface area contributed by atoms with E-state index < -0.39 is 6.04 Å². The number of ether oxygens (including phenoxy) is 2. The van der Waals surface area contributed by atoms with Gasteiger partial charge in [-0.1, -0.05) is 54.6 Å². The standard InChI is InChI=1S/C26H28N2O4/c1-19(29)28(18-21-11-15-24(32-3)16-12-21)25(22-7-5-4-6-8-22)26(30)27-17-20-9-13-23(31-2)14-10-20/h4-16,25H,17-18H2,1-3H3,(H,27,30)/t25-/m1/s1. The van der Waals surface area contributed by atoms with Crippen molar-refractivity contribution >= 4 is 11.8 Å². The van der Waals surface area contributed by atoms with Crippen LogP contribution >= 0.6 is 0 Å². The second kappa shape index (κ2) is 11.0. The van der Waals surface area contributed by atoms with E-state index in [1.54, 1.807) is 19.1 Å². The monoisotopic (exact) mass is 432 g/mol. The van der Waals surface area contributed by atoms with Crippen molar-refractivity contribution in [2.45, 2.75) is 26.1 Å². The fourth-order valence-corrected chi connectivity index (χ4v) is 3.45. The number of nitrogens with zero attached hydrogens (tertiary/aromatic N) is 1. The molecule has 3 aromatic carbocycles. The number of carbonyl (C=O) groups excluding carboxylic acids is 2.